The second-order valence-electron chi connectivity index (χ2n) is 9.31. The number of nitrogens with one attached hydrogen (secondary N) is 2. The fourth-order valence-corrected chi connectivity index (χ4v) is 3.52. The van der Waals surface area contributed by atoms with E-state index >= 15 is 0 Å². The zero-order valence-electron chi connectivity index (χ0n) is 18.5. The van der Waals surface area contributed by atoms with Crippen LogP contribution >= 0.6 is 0 Å². The lowest BCUT2D eigenvalue weighted by Crippen LogP contribution is -2.50. The van der Waals surface area contributed by atoms with E-state index in [-0.39, 0.29) is 22.5 Å². The van der Waals surface area contributed by atoms with Gasteiger partial charge >= 0.3 is 0 Å². The minimum Gasteiger partial charge on any atom is -0.508 e. The number of phenols is 2. The molecule has 0 atom stereocenters. The second-order valence-corrected chi connectivity index (χ2v) is 9.31. The van der Waals surface area contributed by atoms with Crippen molar-refractivity contribution in [2.24, 2.45) is 10.5 Å². The highest BCUT2D eigenvalue weighted by molar-refractivity contribution is 5.94. The van der Waals surface area contributed by atoms with Gasteiger partial charge in [-0.05, 0) is 79.5 Å². The molecule has 0 unspecified atom stereocenters. The molecule has 0 aromatic heterocycles. The normalized spacial score (nSPS) is 14.3. The maximum Gasteiger partial charge on any atom is 0.219 e. The summed E-state index contributed by atoms with van der Waals surface area (Å²) in [4.78, 5) is 5.77. The monoisotopic (exact) mass is 426 g/mol. The van der Waals surface area contributed by atoms with Crippen LogP contribution in [0.25, 0.3) is 0 Å². The maximum atomic E-state index is 9.49. The van der Waals surface area contributed by atoms with Gasteiger partial charge < -0.3 is 25.1 Å². The Morgan fingerprint density at radius 3 is 2.00 bits per heavy atom. The lowest BCUT2D eigenvalue weighted by Gasteiger charge is -2.35. The minimum absolute atomic E-state index is 0.126. The van der Waals surface area contributed by atoms with Gasteiger partial charge in [0, 0.05) is 11.6 Å². The van der Waals surface area contributed by atoms with Gasteiger partial charge in [-0.1, -0.05) is 20.8 Å². The average molecular weight is 427 g/mol. The van der Waals surface area contributed by atoms with Gasteiger partial charge in [0.15, 0.2) is 11.6 Å². The zero-order valence-corrected chi connectivity index (χ0v) is 18.5. The first-order valence-corrected chi connectivity index (χ1v) is 10.1. The van der Waals surface area contributed by atoms with E-state index in [0.29, 0.717) is 23.2 Å². The number of nitrogens with zero attached hydrogens (tertiary/aromatic N) is 2. The highest BCUT2D eigenvalue weighted by atomic mass is 16.7. The van der Waals surface area contributed by atoms with E-state index < -0.39 is 0 Å². The zero-order chi connectivity index (χ0) is 22.6. The fraction of sp³-hybridized carbons (Fsp3) is 0.348. The first-order chi connectivity index (χ1) is 14.5. The smallest absolute Gasteiger partial charge is 0.219 e. The van der Waals surface area contributed by atoms with Crippen LogP contribution in [0.15, 0.2) is 65.6 Å². The molecule has 0 aliphatic carbocycles. The van der Waals surface area contributed by atoms with Gasteiger partial charge in [0.25, 0.3) is 0 Å². The standard InChI is InChI=1S/C23H30N4O4/c1-22(2,3)15-23(4,5)24-20-14-21(30-18-10-6-16(28)7-11-18)26-27(25-20)31-19-12-8-17(29)9-13-19/h6-14,26,28-29H,15H2,1-5H3,(H,24,25). The molecule has 1 heterocycles. The van der Waals surface area contributed by atoms with Gasteiger partial charge in [-0.2, -0.15) is 0 Å². The van der Waals surface area contributed by atoms with E-state index in [0.717, 1.165) is 6.42 Å². The Hall–Kier alpha value is -3.55. The molecule has 0 bridgehead atoms. The summed E-state index contributed by atoms with van der Waals surface area (Å²) in [5.74, 6) is 2.26. The first kappa shape index (κ1) is 22.1. The molecule has 31 heavy (non-hydrogen) atoms. The Labute approximate surface area is 182 Å². The largest absolute Gasteiger partial charge is 0.508 e. The van der Waals surface area contributed by atoms with Crippen LogP contribution in [-0.2, 0) is 0 Å². The number of benzene rings is 2. The van der Waals surface area contributed by atoms with E-state index in [1.807, 2.05) is 0 Å². The average Bonchev–Trinajstić information content (AvgIpc) is 2.63. The van der Waals surface area contributed by atoms with Crippen LogP contribution in [-0.4, -0.2) is 26.9 Å². The Morgan fingerprint density at radius 2 is 1.45 bits per heavy atom. The Morgan fingerprint density at radius 1 is 0.903 bits per heavy atom. The van der Waals surface area contributed by atoms with Gasteiger partial charge in [0.2, 0.25) is 5.88 Å². The Balaban J connectivity index is 1.81. The minimum atomic E-state index is -0.237. The lowest BCUT2D eigenvalue weighted by molar-refractivity contribution is -0.106. The van der Waals surface area contributed by atoms with Crippen molar-refractivity contribution in [2.75, 3.05) is 0 Å². The van der Waals surface area contributed by atoms with Crippen molar-refractivity contribution in [3.63, 3.8) is 0 Å². The van der Waals surface area contributed by atoms with E-state index in [1.165, 1.54) is 17.4 Å². The summed E-state index contributed by atoms with van der Waals surface area (Å²) in [6.45, 7) is 10.8. The van der Waals surface area contributed by atoms with E-state index in [1.54, 1.807) is 42.5 Å². The predicted molar refractivity (Wildman–Crippen MR) is 119 cm³/mol. The van der Waals surface area contributed by atoms with Crippen molar-refractivity contribution < 1.29 is 19.8 Å². The third-order valence-corrected chi connectivity index (χ3v) is 4.20. The number of hydrogen-bond donors (Lipinski definition) is 4. The summed E-state index contributed by atoms with van der Waals surface area (Å²) in [5, 5.41) is 28.1. The molecule has 0 amide bonds. The van der Waals surface area contributed by atoms with Crippen LogP contribution in [0.1, 0.15) is 41.0 Å². The van der Waals surface area contributed by atoms with Crippen LogP contribution in [0.2, 0.25) is 0 Å². The third kappa shape index (κ3) is 7.02. The molecule has 2 aromatic carbocycles. The molecule has 1 aliphatic rings. The van der Waals surface area contributed by atoms with Gasteiger partial charge in [0.05, 0.1) is 0 Å². The van der Waals surface area contributed by atoms with Crippen LogP contribution in [0.3, 0.4) is 0 Å². The summed E-state index contributed by atoms with van der Waals surface area (Å²) < 4.78 is 5.90. The molecule has 1 aliphatic heterocycles. The van der Waals surface area contributed by atoms with Crippen molar-refractivity contribution in [3.8, 4) is 23.0 Å². The Kier molecular flexibility index (Phi) is 6.19. The molecular weight excluding hydrogens is 396 g/mol. The summed E-state index contributed by atoms with van der Waals surface area (Å²) in [5.41, 5.74) is 2.83. The number of hydrazone groups is 1. The van der Waals surface area contributed by atoms with Crippen molar-refractivity contribution in [2.45, 2.75) is 46.6 Å². The molecule has 166 valence electrons. The fourth-order valence-electron chi connectivity index (χ4n) is 3.52. The van der Waals surface area contributed by atoms with Gasteiger partial charge in [-0.3, -0.25) is 0 Å². The van der Waals surface area contributed by atoms with Crippen molar-refractivity contribution in [1.29, 1.82) is 0 Å². The molecule has 0 saturated heterocycles. The van der Waals surface area contributed by atoms with Gasteiger partial charge in [-0.25, -0.2) is 5.43 Å². The topological polar surface area (TPSA) is 98.6 Å². The SMILES string of the molecule is CC(C)(C)CC(C)(C)NC1=NN(Oc2ccc(O)cc2)NC(Oc2ccc(O)cc2)=C1. The summed E-state index contributed by atoms with van der Waals surface area (Å²) in [7, 11) is 0. The van der Waals surface area contributed by atoms with Gasteiger partial charge in [-0.15, -0.1) is 5.10 Å². The number of ether oxygens (including phenoxy) is 1. The maximum absolute atomic E-state index is 9.49. The van der Waals surface area contributed by atoms with E-state index in [4.69, 9.17) is 9.57 Å². The van der Waals surface area contributed by atoms with Crippen molar-refractivity contribution in [1.82, 2.24) is 16.0 Å². The second kappa shape index (κ2) is 8.67. The number of rotatable bonds is 6. The molecule has 0 spiro atoms. The predicted octanol–water partition coefficient (Wildman–Crippen LogP) is 4.25. The number of hydrogen-bond acceptors (Lipinski definition) is 8. The molecular formula is C23H30N4O4. The third-order valence-electron chi connectivity index (χ3n) is 4.20. The molecule has 8 nitrogen and oxygen atoms in total. The quantitative estimate of drug-likeness (QED) is 0.548. The first-order valence-electron chi connectivity index (χ1n) is 10.1. The molecule has 3 rings (SSSR count). The number of aromatic hydroxyl groups is 2. The Bertz CT molecular complexity index is 945. The molecule has 0 radical (unpaired) electrons. The number of hydrazine groups is 1. The van der Waals surface area contributed by atoms with Crippen molar-refractivity contribution >= 4 is 5.84 Å². The van der Waals surface area contributed by atoms with Crippen LogP contribution in [0.5, 0.6) is 23.0 Å². The molecule has 8 heteroatoms. The van der Waals surface area contributed by atoms with Crippen LogP contribution < -0.4 is 20.3 Å². The van der Waals surface area contributed by atoms with E-state index in [9.17, 15) is 10.2 Å². The summed E-state index contributed by atoms with van der Waals surface area (Å²) in [6.07, 6.45) is 2.65. The van der Waals surface area contributed by atoms with Crippen LogP contribution in [0, 0.1) is 5.41 Å². The number of phenolic OH excluding ortho intramolecular Hbond substituents is 2. The highest BCUT2D eigenvalue weighted by Gasteiger charge is 2.28. The number of amidine groups is 1. The lowest BCUT2D eigenvalue weighted by atomic mass is 9.82. The highest BCUT2D eigenvalue weighted by Crippen LogP contribution is 2.27. The summed E-state index contributed by atoms with van der Waals surface area (Å²) >= 11 is 0. The van der Waals surface area contributed by atoms with Crippen LogP contribution in [0.4, 0.5) is 0 Å². The van der Waals surface area contributed by atoms with Crippen molar-refractivity contribution in [3.05, 3.63) is 60.5 Å². The molecule has 0 fully saturated rings. The van der Waals surface area contributed by atoms with Gasteiger partial charge in [0.1, 0.15) is 17.2 Å². The molecule has 2 aromatic rings. The summed E-state index contributed by atoms with van der Waals surface area (Å²) in [6, 6.07) is 12.7. The molecule has 4 N–H and O–H groups in total. The molecule has 0 saturated carbocycles. The van der Waals surface area contributed by atoms with E-state index in [2.05, 4.69) is 50.5 Å².